The van der Waals surface area contributed by atoms with Gasteiger partial charge in [0, 0.05) is 24.7 Å². The summed E-state index contributed by atoms with van der Waals surface area (Å²) in [6.07, 6.45) is -4.71. The number of aliphatic hydroxyl groups excluding tert-OH is 3. The molecule has 4 N–H and O–H groups in total. The number of esters is 1. The highest BCUT2D eigenvalue weighted by Gasteiger charge is 2.54. The predicted molar refractivity (Wildman–Crippen MR) is 88.7 cm³/mol. The minimum absolute atomic E-state index is 0.0286. The lowest BCUT2D eigenvalue weighted by molar-refractivity contribution is -0.228. The summed E-state index contributed by atoms with van der Waals surface area (Å²) >= 11 is 0. The van der Waals surface area contributed by atoms with E-state index in [2.05, 4.69) is 21.9 Å². The lowest BCUT2D eigenvalue weighted by Crippen LogP contribution is -2.67. The molecule has 146 valence electrons. The molecule has 1 rings (SSSR count). The Bertz CT molecular complexity index is 580. The van der Waals surface area contributed by atoms with Gasteiger partial charge in [-0.05, 0) is 5.53 Å². The SMILES string of the molecule is C=CC[C@]1(C(=O)OC)C[C@H](O)[C@@H](NC(C)=O)[C@H]([C@H](O)[C@H](O)CN=[N+]=[N-])O1. The zero-order valence-electron chi connectivity index (χ0n) is 14.6. The normalized spacial score (nSPS) is 30.4. The molecule has 1 heterocycles. The van der Waals surface area contributed by atoms with Gasteiger partial charge in [0.25, 0.3) is 0 Å². The van der Waals surface area contributed by atoms with Gasteiger partial charge in [0.15, 0.2) is 5.60 Å². The fraction of sp³-hybridized carbons (Fsp3) is 0.733. The van der Waals surface area contributed by atoms with Crippen molar-refractivity contribution in [2.45, 2.75) is 55.8 Å². The minimum atomic E-state index is -1.67. The first-order valence-electron chi connectivity index (χ1n) is 7.91. The topological polar surface area (TPSA) is 174 Å². The van der Waals surface area contributed by atoms with E-state index in [4.69, 9.17) is 15.0 Å². The van der Waals surface area contributed by atoms with E-state index in [-0.39, 0.29) is 12.8 Å². The maximum absolute atomic E-state index is 12.3. The summed E-state index contributed by atoms with van der Waals surface area (Å²) in [4.78, 5) is 26.2. The monoisotopic (exact) mass is 372 g/mol. The molecule has 0 aromatic rings. The highest BCUT2D eigenvalue weighted by Crippen LogP contribution is 2.35. The van der Waals surface area contributed by atoms with Gasteiger partial charge in [0.1, 0.15) is 12.2 Å². The molecule has 0 spiro atoms. The summed E-state index contributed by atoms with van der Waals surface area (Å²) in [6.45, 7) is 4.29. The Morgan fingerprint density at radius 3 is 2.73 bits per heavy atom. The quantitative estimate of drug-likeness (QED) is 0.141. The van der Waals surface area contributed by atoms with E-state index in [0.29, 0.717) is 0 Å². The van der Waals surface area contributed by atoms with Crippen molar-refractivity contribution in [2.75, 3.05) is 13.7 Å². The molecule has 0 aromatic carbocycles. The number of methoxy groups -OCH3 is 1. The number of hydrogen-bond donors (Lipinski definition) is 4. The predicted octanol–water partition coefficient (Wildman–Crippen LogP) is -0.839. The second-order valence-corrected chi connectivity index (χ2v) is 6.03. The van der Waals surface area contributed by atoms with Crippen LogP contribution in [0, 0.1) is 0 Å². The Kier molecular flexibility index (Phi) is 8.00. The molecule has 0 unspecified atom stereocenters. The van der Waals surface area contributed by atoms with E-state index in [9.17, 15) is 24.9 Å². The van der Waals surface area contributed by atoms with Gasteiger partial charge in [0.2, 0.25) is 5.91 Å². The van der Waals surface area contributed by atoms with Crippen LogP contribution in [-0.4, -0.2) is 76.9 Å². The largest absolute Gasteiger partial charge is 0.467 e. The minimum Gasteiger partial charge on any atom is -0.467 e. The third-order valence-corrected chi connectivity index (χ3v) is 4.13. The Morgan fingerprint density at radius 2 is 2.23 bits per heavy atom. The molecule has 0 radical (unpaired) electrons. The summed E-state index contributed by atoms with van der Waals surface area (Å²) in [5.74, 6) is -1.30. The number of hydrogen-bond acceptors (Lipinski definition) is 8. The molecule has 0 aliphatic carbocycles. The van der Waals surface area contributed by atoms with Crippen molar-refractivity contribution in [3.05, 3.63) is 23.1 Å². The first-order valence-corrected chi connectivity index (χ1v) is 7.91. The van der Waals surface area contributed by atoms with Gasteiger partial charge in [-0.15, -0.1) is 6.58 Å². The standard InChI is InChI=1S/C15H24N4O7/c1-4-5-15(14(24)25-3)6-9(21)11(18-8(2)20)13(26-15)12(23)10(22)7-17-19-16/h4,9-13,21-23H,1,5-7H2,2-3H3,(H,18,20)/t9-,10+,11+,12+,13+,15+/m0/s1. The van der Waals surface area contributed by atoms with Crippen molar-refractivity contribution in [3.8, 4) is 0 Å². The fourth-order valence-corrected chi connectivity index (χ4v) is 2.97. The van der Waals surface area contributed by atoms with E-state index >= 15 is 0 Å². The van der Waals surface area contributed by atoms with Gasteiger partial charge < -0.3 is 30.1 Å². The molecule has 11 heteroatoms. The Morgan fingerprint density at radius 1 is 1.58 bits per heavy atom. The molecule has 1 aliphatic rings. The third-order valence-electron chi connectivity index (χ3n) is 4.13. The molecular weight excluding hydrogens is 348 g/mol. The van der Waals surface area contributed by atoms with Crippen LogP contribution in [0.1, 0.15) is 19.8 Å². The number of ether oxygens (including phenoxy) is 2. The second-order valence-electron chi connectivity index (χ2n) is 6.03. The number of nitrogens with one attached hydrogen (secondary N) is 1. The van der Waals surface area contributed by atoms with Crippen molar-refractivity contribution < 1.29 is 34.4 Å². The van der Waals surface area contributed by atoms with Crippen LogP contribution < -0.4 is 5.32 Å². The van der Waals surface area contributed by atoms with Crippen LogP contribution in [0.3, 0.4) is 0 Å². The molecule has 0 bridgehead atoms. The number of amides is 1. The zero-order chi connectivity index (χ0) is 19.9. The first kappa shape index (κ1) is 21.9. The van der Waals surface area contributed by atoms with E-state index in [1.807, 2.05) is 0 Å². The first-order chi connectivity index (χ1) is 12.2. The lowest BCUT2D eigenvalue weighted by atomic mass is 9.81. The van der Waals surface area contributed by atoms with E-state index in [0.717, 1.165) is 7.11 Å². The van der Waals surface area contributed by atoms with Gasteiger partial charge in [0.05, 0.1) is 31.9 Å². The third kappa shape index (κ3) is 4.93. The summed E-state index contributed by atoms with van der Waals surface area (Å²) in [5, 5.41) is 36.5. The summed E-state index contributed by atoms with van der Waals surface area (Å²) < 4.78 is 10.5. The molecule has 1 saturated heterocycles. The van der Waals surface area contributed by atoms with Crippen LogP contribution in [0.5, 0.6) is 0 Å². The van der Waals surface area contributed by atoms with Crippen LogP contribution in [0.4, 0.5) is 0 Å². The Balaban J connectivity index is 3.24. The number of carbonyl (C=O) groups excluding carboxylic acids is 2. The fourth-order valence-electron chi connectivity index (χ4n) is 2.97. The van der Waals surface area contributed by atoms with Gasteiger partial charge in [-0.2, -0.15) is 0 Å². The van der Waals surface area contributed by atoms with E-state index in [1.54, 1.807) is 0 Å². The van der Waals surface area contributed by atoms with Crippen LogP contribution in [0.25, 0.3) is 10.4 Å². The van der Waals surface area contributed by atoms with Crippen LogP contribution >= 0.6 is 0 Å². The molecule has 11 nitrogen and oxygen atoms in total. The number of carbonyl (C=O) groups is 2. The van der Waals surface area contributed by atoms with Crippen molar-refractivity contribution in [2.24, 2.45) is 5.11 Å². The second kappa shape index (κ2) is 9.51. The van der Waals surface area contributed by atoms with E-state index < -0.39 is 54.5 Å². The number of azide groups is 1. The van der Waals surface area contributed by atoms with Gasteiger partial charge in [-0.25, -0.2) is 4.79 Å². The number of rotatable bonds is 8. The van der Waals surface area contributed by atoms with Crippen LogP contribution in [0.15, 0.2) is 17.8 Å². The highest BCUT2D eigenvalue weighted by atomic mass is 16.6. The van der Waals surface area contributed by atoms with Crippen LogP contribution in [-0.2, 0) is 19.1 Å². The van der Waals surface area contributed by atoms with Gasteiger partial charge >= 0.3 is 5.97 Å². The molecule has 1 amide bonds. The summed E-state index contributed by atoms with van der Waals surface area (Å²) in [7, 11) is 1.14. The van der Waals surface area contributed by atoms with E-state index in [1.165, 1.54) is 13.0 Å². The lowest BCUT2D eigenvalue weighted by Gasteiger charge is -2.47. The summed E-state index contributed by atoms with van der Waals surface area (Å²) in [6, 6.07) is -1.11. The Labute approximate surface area is 150 Å². The molecule has 26 heavy (non-hydrogen) atoms. The average molecular weight is 372 g/mol. The smallest absolute Gasteiger partial charge is 0.338 e. The average Bonchev–Trinajstić information content (AvgIpc) is 2.60. The van der Waals surface area contributed by atoms with Crippen LogP contribution in [0.2, 0.25) is 0 Å². The maximum atomic E-state index is 12.3. The number of nitrogens with zero attached hydrogens (tertiary/aromatic N) is 3. The zero-order valence-corrected chi connectivity index (χ0v) is 14.6. The van der Waals surface area contributed by atoms with Crippen molar-refractivity contribution in [1.82, 2.24) is 5.32 Å². The van der Waals surface area contributed by atoms with Crippen molar-refractivity contribution in [3.63, 3.8) is 0 Å². The Hall–Kier alpha value is -2.17. The maximum Gasteiger partial charge on any atom is 0.338 e. The van der Waals surface area contributed by atoms with Crippen molar-refractivity contribution >= 4 is 11.9 Å². The van der Waals surface area contributed by atoms with Gasteiger partial charge in [-0.1, -0.05) is 11.2 Å². The highest BCUT2D eigenvalue weighted by molar-refractivity contribution is 5.80. The summed E-state index contributed by atoms with van der Waals surface area (Å²) in [5.41, 5.74) is 6.70. The molecular formula is C15H24N4O7. The van der Waals surface area contributed by atoms with Gasteiger partial charge in [-0.3, -0.25) is 4.79 Å². The van der Waals surface area contributed by atoms with Crippen molar-refractivity contribution in [1.29, 1.82) is 0 Å². The molecule has 0 saturated carbocycles. The molecule has 0 aromatic heterocycles. The molecule has 6 atom stereocenters. The molecule has 1 fully saturated rings. The molecule has 1 aliphatic heterocycles. The number of aliphatic hydroxyl groups is 3.